The molecule has 0 heterocycles. The monoisotopic (exact) mass is 224 g/mol. The third-order valence-corrected chi connectivity index (χ3v) is 2.94. The van der Waals surface area contributed by atoms with E-state index in [1.54, 1.807) is 7.11 Å². The van der Waals surface area contributed by atoms with Gasteiger partial charge >= 0.3 is 0 Å². The van der Waals surface area contributed by atoms with E-state index in [1.807, 2.05) is 48.5 Å². The van der Waals surface area contributed by atoms with Gasteiger partial charge in [0.05, 0.1) is 0 Å². The van der Waals surface area contributed by atoms with E-state index in [0.717, 1.165) is 0 Å². The van der Waals surface area contributed by atoms with Crippen molar-refractivity contribution in [2.45, 2.75) is 54.1 Å². The number of hydrogen-bond acceptors (Lipinski definition) is 2. The molecule has 1 atom stereocenters. The summed E-state index contributed by atoms with van der Waals surface area (Å²) >= 11 is 0. The van der Waals surface area contributed by atoms with Crippen molar-refractivity contribution in [2.24, 2.45) is 10.8 Å². The second-order valence-electron chi connectivity index (χ2n) is 6.32. The maximum Gasteiger partial charge on any atom is 0.210 e. The molecular weight excluding hydrogens is 200 g/mol. The van der Waals surface area contributed by atoms with Crippen molar-refractivity contribution in [2.75, 3.05) is 7.11 Å². The zero-order valence-corrected chi connectivity index (χ0v) is 11.8. The number of ketones is 1. The molecule has 0 aliphatic carbocycles. The van der Waals surface area contributed by atoms with Crippen LogP contribution in [0.2, 0.25) is 0 Å². The highest BCUT2D eigenvalue weighted by Gasteiger charge is 2.36. The second kappa shape index (κ2) is 4.59. The van der Waals surface area contributed by atoms with E-state index in [9.17, 15) is 4.79 Å². The largest absolute Gasteiger partial charge is 0.365 e. The molecule has 0 bridgehead atoms. The molecule has 0 aliphatic rings. The van der Waals surface area contributed by atoms with Crippen LogP contribution in [-0.4, -0.2) is 18.5 Å². The molecule has 0 aliphatic heterocycles. The molecule has 0 aromatic carbocycles. The number of carbonyl (C=O) groups excluding carboxylic acids is 1. The van der Waals surface area contributed by atoms with Crippen LogP contribution in [0.4, 0.5) is 0 Å². The Balaban J connectivity index is 5.10. The fourth-order valence-electron chi connectivity index (χ4n) is 0.908. The number of ether oxygens (including phenoxy) is 1. The maximum atomic E-state index is 11.7. The smallest absolute Gasteiger partial charge is 0.210 e. The molecular formula is C14H24O2. The molecule has 0 N–H and O–H groups in total. The van der Waals surface area contributed by atoms with Gasteiger partial charge in [0.25, 0.3) is 0 Å². The van der Waals surface area contributed by atoms with E-state index >= 15 is 0 Å². The van der Waals surface area contributed by atoms with Crippen LogP contribution in [0.15, 0.2) is 0 Å². The summed E-state index contributed by atoms with van der Waals surface area (Å²) in [5.41, 5.74) is -1.15. The second-order valence-corrected chi connectivity index (χ2v) is 6.32. The van der Waals surface area contributed by atoms with Crippen LogP contribution in [0, 0.1) is 22.7 Å². The predicted molar refractivity (Wildman–Crippen MR) is 67.1 cm³/mol. The van der Waals surface area contributed by atoms with Crippen LogP contribution >= 0.6 is 0 Å². The molecule has 0 fully saturated rings. The highest BCUT2D eigenvalue weighted by Crippen LogP contribution is 2.32. The minimum Gasteiger partial charge on any atom is -0.365 e. The van der Waals surface area contributed by atoms with Gasteiger partial charge in [0.15, 0.2) is 0 Å². The summed E-state index contributed by atoms with van der Waals surface area (Å²) < 4.78 is 5.44. The molecule has 0 radical (unpaired) electrons. The Hall–Kier alpha value is -0.810. The van der Waals surface area contributed by atoms with Crippen LogP contribution in [0.1, 0.15) is 48.5 Å². The molecule has 0 aromatic heterocycles. The van der Waals surface area contributed by atoms with Gasteiger partial charge in [0, 0.05) is 17.9 Å². The van der Waals surface area contributed by atoms with E-state index in [2.05, 4.69) is 11.8 Å². The molecule has 2 nitrogen and oxygen atoms in total. The first-order chi connectivity index (χ1) is 6.94. The summed E-state index contributed by atoms with van der Waals surface area (Å²) in [6.07, 6.45) is 0. The SMILES string of the molecule is COC(C)(C#CC(=O)C(C)(C)C)C(C)(C)C. The number of hydrogen-bond donors (Lipinski definition) is 0. The average Bonchev–Trinajstić information content (AvgIpc) is 2.10. The standard InChI is InChI=1S/C14H24O2/c1-12(2,3)11(15)9-10-14(7,16-8)13(4,5)6/h1-8H3. The molecule has 2 heteroatoms. The van der Waals surface area contributed by atoms with Crippen LogP contribution < -0.4 is 0 Å². The van der Waals surface area contributed by atoms with Gasteiger partial charge < -0.3 is 4.74 Å². The zero-order chi connectivity index (χ0) is 13.2. The van der Waals surface area contributed by atoms with Gasteiger partial charge in [-0.05, 0) is 12.8 Å². The van der Waals surface area contributed by atoms with E-state index < -0.39 is 11.0 Å². The molecule has 16 heavy (non-hydrogen) atoms. The molecule has 92 valence electrons. The first-order valence-electron chi connectivity index (χ1n) is 5.57. The number of Topliss-reactive ketones (excluding diaryl/α,β-unsaturated/α-hetero) is 1. The Labute approximate surface area is 99.8 Å². The van der Waals surface area contributed by atoms with Crippen LogP contribution in [0.3, 0.4) is 0 Å². The third-order valence-electron chi connectivity index (χ3n) is 2.94. The van der Waals surface area contributed by atoms with Crippen molar-refractivity contribution in [1.29, 1.82) is 0 Å². The van der Waals surface area contributed by atoms with Crippen molar-refractivity contribution in [3.63, 3.8) is 0 Å². The zero-order valence-electron chi connectivity index (χ0n) is 11.8. The molecule has 0 rings (SSSR count). The predicted octanol–water partition coefficient (Wildman–Crippen LogP) is 3.06. The highest BCUT2D eigenvalue weighted by molar-refractivity contribution is 5.99. The summed E-state index contributed by atoms with van der Waals surface area (Å²) in [7, 11) is 1.63. The van der Waals surface area contributed by atoms with Gasteiger partial charge in [0.2, 0.25) is 5.78 Å². The Kier molecular flexibility index (Phi) is 4.36. The van der Waals surface area contributed by atoms with Crippen molar-refractivity contribution >= 4 is 5.78 Å². The minimum absolute atomic E-state index is 0.0555. The van der Waals surface area contributed by atoms with Gasteiger partial charge in [-0.2, -0.15) is 0 Å². The molecule has 1 unspecified atom stereocenters. The average molecular weight is 224 g/mol. The summed E-state index contributed by atoms with van der Waals surface area (Å²) in [6.45, 7) is 13.7. The van der Waals surface area contributed by atoms with Crippen molar-refractivity contribution in [1.82, 2.24) is 0 Å². The highest BCUT2D eigenvalue weighted by atomic mass is 16.5. The Morgan fingerprint density at radius 3 is 1.69 bits per heavy atom. The van der Waals surface area contributed by atoms with E-state index in [0.29, 0.717) is 0 Å². The maximum absolute atomic E-state index is 11.7. The van der Waals surface area contributed by atoms with Gasteiger partial charge in [-0.15, -0.1) is 0 Å². The number of rotatable bonds is 1. The van der Waals surface area contributed by atoms with E-state index in [-0.39, 0.29) is 11.2 Å². The quantitative estimate of drug-likeness (QED) is 0.505. The lowest BCUT2D eigenvalue weighted by Gasteiger charge is -2.36. The first-order valence-corrected chi connectivity index (χ1v) is 5.57. The normalized spacial score (nSPS) is 16.0. The third kappa shape index (κ3) is 3.64. The Morgan fingerprint density at radius 2 is 1.44 bits per heavy atom. The minimum atomic E-state index is -0.603. The van der Waals surface area contributed by atoms with Gasteiger partial charge in [-0.25, -0.2) is 0 Å². The van der Waals surface area contributed by atoms with E-state index in [4.69, 9.17) is 4.74 Å². The lowest BCUT2D eigenvalue weighted by atomic mass is 9.77. The fourth-order valence-corrected chi connectivity index (χ4v) is 0.908. The topological polar surface area (TPSA) is 26.3 Å². The van der Waals surface area contributed by atoms with Gasteiger partial charge in [-0.3, -0.25) is 4.79 Å². The molecule has 0 spiro atoms. The van der Waals surface area contributed by atoms with Crippen molar-refractivity contribution < 1.29 is 9.53 Å². The summed E-state index contributed by atoms with van der Waals surface area (Å²) in [5, 5.41) is 0. The van der Waals surface area contributed by atoms with Crippen molar-refractivity contribution in [3.8, 4) is 11.8 Å². The fraction of sp³-hybridized carbons (Fsp3) is 0.786. The molecule has 0 amide bonds. The van der Waals surface area contributed by atoms with Gasteiger partial charge in [0.1, 0.15) is 5.60 Å². The Bertz CT molecular complexity index is 317. The lowest BCUT2D eigenvalue weighted by molar-refractivity contribution is -0.120. The summed E-state index contributed by atoms with van der Waals surface area (Å²) in [5.74, 6) is 5.62. The van der Waals surface area contributed by atoms with Crippen LogP contribution in [0.5, 0.6) is 0 Å². The molecule has 0 aromatic rings. The van der Waals surface area contributed by atoms with Crippen LogP contribution in [-0.2, 0) is 9.53 Å². The summed E-state index contributed by atoms with van der Waals surface area (Å²) in [6, 6.07) is 0. The van der Waals surface area contributed by atoms with Crippen molar-refractivity contribution in [3.05, 3.63) is 0 Å². The molecule has 0 saturated heterocycles. The lowest BCUT2D eigenvalue weighted by Crippen LogP contribution is -2.40. The van der Waals surface area contributed by atoms with Crippen LogP contribution in [0.25, 0.3) is 0 Å². The van der Waals surface area contributed by atoms with E-state index in [1.165, 1.54) is 0 Å². The molecule has 0 saturated carbocycles. The first kappa shape index (κ1) is 15.2. The Morgan fingerprint density at radius 1 is 1.00 bits per heavy atom. The van der Waals surface area contributed by atoms with Gasteiger partial charge in [-0.1, -0.05) is 47.5 Å². The summed E-state index contributed by atoms with van der Waals surface area (Å²) in [4.78, 5) is 11.7. The number of methoxy groups -OCH3 is 1. The number of carbonyl (C=O) groups is 1.